The topological polar surface area (TPSA) is 66.0 Å². The monoisotopic (exact) mass is 471 g/mol. The van der Waals surface area contributed by atoms with Gasteiger partial charge in [-0.15, -0.1) is 0 Å². The van der Waals surface area contributed by atoms with Gasteiger partial charge in [0.05, 0.1) is 26.4 Å². The molecule has 0 radical (unpaired) electrons. The predicted octanol–water partition coefficient (Wildman–Crippen LogP) is 5.93. The van der Waals surface area contributed by atoms with Gasteiger partial charge in [0, 0.05) is 6.54 Å². The van der Waals surface area contributed by atoms with Crippen LogP contribution >= 0.6 is 0 Å². The summed E-state index contributed by atoms with van der Waals surface area (Å²) in [6.07, 6.45) is 8.63. The fraction of sp³-hybridized carbons (Fsp3) is 0.536. The van der Waals surface area contributed by atoms with E-state index < -0.39 is 6.09 Å². The van der Waals surface area contributed by atoms with Gasteiger partial charge in [-0.1, -0.05) is 81.5 Å². The van der Waals surface area contributed by atoms with Crippen LogP contribution in [0.4, 0.5) is 4.79 Å². The summed E-state index contributed by atoms with van der Waals surface area (Å²) in [6, 6.07) is 17.9. The average Bonchev–Trinajstić information content (AvgIpc) is 2.87. The van der Waals surface area contributed by atoms with Gasteiger partial charge in [-0.3, -0.25) is 0 Å². The molecule has 0 atom stereocenters. The summed E-state index contributed by atoms with van der Waals surface area (Å²) in [6.45, 7) is 5.27. The number of aryl methyl sites for hydroxylation is 1. The smallest absolute Gasteiger partial charge is 0.407 e. The highest BCUT2D eigenvalue weighted by Gasteiger charge is 2.02. The van der Waals surface area contributed by atoms with Crippen LogP contribution in [0.3, 0.4) is 0 Å². The van der Waals surface area contributed by atoms with E-state index in [0.29, 0.717) is 39.6 Å². The van der Waals surface area contributed by atoms with Crippen molar-refractivity contribution in [1.82, 2.24) is 5.32 Å². The van der Waals surface area contributed by atoms with Crippen LogP contribution in [0.5, 0.6) is 5.75 Å². The fourth-order valence-electron chi connectivity index (χ4n) is 3.40. The quantitative estimate of drug-likeness (QED) is 0.257. The zero-order valence-corrected chi connectivity index (χ0v) is 20.6. The first-order valence-electron chi connectivity index (χ1n) is 12.6. The fourth-order valence-corrected chi connectivity index (χ4v) is 3.40. The molecule has 0 aliphatic rings. The van der Waals surface area contributed by atoms with Crippen LogP contribution in [0.1, 0.15) is 56.6 Å². The average molecular weight is 472 g/mol. The van der Waals surface area contributed by atoms with E-state index >= 15 is 0 Å². The first-order valence-corrected chi connectivity index (χ1v) is 12.6. The molecular formula is C28H41NO5. The Morgan fingerprint density at radius 1 is 0.735 bits per heavy atom. The van der Waals surface area contributed by atoms with Crippen molar-refractivity contribution in [2.75, 3.05) is 39.6 Å². The van der Waals surface area contributed by atoms with Gasteiger partial charge in [-0.2, -0.15) is 0 Å². The first kappa shape index (κ1) is 27.7. The minimum atomic E-state index is -0.448. The van der Waals surface area contributed by atoms with Crippen LogP contribution < -0.4 is 10.1 Å². The van der Waals surface area contributed by atoms with Gasteiger partial charge in [-0.25, -0.2) is 4.79 Å². The summed E-state index contributed by atoms with van der Waals surface area (Å²) in [5.41, 5.74) is 2.32. The van der Waals surface area contributed by atoms with Gasteiger partial charge in [0.25, 0.3) is 0 Å². The summed E-state index contributed by atoms with van der Waals surface area (Å²) < 4.78 is 21.8. The SMILES string of the molecule is CCCCCCCCc1ccc(OCCOCCOCCNC(=O)OCc2ccccc2)cc1. The Kier molecular flexibility index (Phi) is 15.3. The Morgan fingerprint density at radius 3 is 2.18 bits per heavy atom. The van der Waals surface area contributed by atoms with Crippen LogP contribution in [0.25, 0.3) is 0 Å². The minimum Gasteiger partial charge on any atom is -0.491 e. The van der Waals surface area contributed by atoms with Gasteiger partial charge in [-0.05, 0) is 36.1 Å². The predicted molar refractivity (Wildman–Crippen MR) is 135 cm³/mol. The zero-order chi connectivity index (χ0) is 24.1. The Balaban J connectivity index is 1.37. The Morgan fingerprint density at radius 2 is 1.41 bits per heavy atom. The van der Waals surface area contributed by atoms with Crippen LogP contribution in [-0.2, 0) is 27.2 Å². The summed E-state index contributed by atoms with van der Waals surface area (Å²) in [5, 5.41) is 2.66. The second kappa shape index (κ2) is 18.8. The number of amides is 1. The lowest BCUT2D eigenvalue weighted by atomic mass is 10.0. The molecule has 2 aromatic carbocycles. The summed E-state index contributed by atoms with van der Waals surface area (Å²) in [5.74, 6) is 0.872. The molecule has 0 aliphatic carbocycles. The van der Waals surface area contributed by atoms with E-state index in [-0.39, 0.29) is 6.61 Å². The maximum atomic E-state index is 11.6. The van der Waals surface area contributed by atoms with E-state index in [1.165, 1.54) is 44.1 Å². The van der Waals surface area contributed by atoms with Crippen molar-refractivity contribution in [3.05, 3.63) is 65.7 Å². The molecule has 1 amide bonds. The third-order valence-electron chi connectivity index (χ3n) is 5.34. The minimum absolute atomic E-state index is 0.257. The van der Waals surface area contributed by atoms with E-state index in [4.69, 9.17) is 18.9 Å². The van der Waals surface area contributed by atoms with Crippen LogP contribution in [0.2, 0.25) is 0 Å². The van der Waals surface area contributed by atoms with Crippen molar-refractivity contribution in [1.29, 1.82) is 0 Å². The van der Waals surface area contributed by atoms with Crippen molar-refractivity contribution < 1.29 is 23.7 Å². The van der Waals surface area contributed by atoms with E-state index in [9.17, 15) is 4.79 Å². The molecule has 2 rings (SSSR count). The number of benzene rings is 2. The summed E-state index contributed by atoms with van der Waals surface area (Å²) >= 11 is 0. The molecule has 2 aromatic rings. The molecule has 6 heteroatoms. The third-order valence-corrected chi connectivity index (χ3v) is 5.34. The summed E-state index contributed by atoms with van der Waals surface area (Å²) in [7, 11) is 0. The van der Waals surface area contributed by atoms with E-state index in [0.717, 1.165) is 17.7 Å². The number of alkyl carbamates (subject to hydrolysis) is 1. The van der Waals surface area contributed by atoms with E-state index in [1.54, 1.807) is 0 Å². The lowest BCUT2D eigenvalue weighted by molar-refractivity contribution is 0.0369. The number of carbonyl (C=O) groups excluding carboxylic acids is 1. The first-order chi connectivity index (χ1) is 16.8. The molecule has 0 spiro atoms. The molecule has 188 valence electrons. The number of ether oxygens (including phenoxy) is 4. The molecule has 0 aliphatic heterocycles. The van der Waals surface area contributed by atoms with Gasteiger partial charge in [0.15, 0.2) is 0 Å². The molecular weight excluding hydrogens is 430 g/mol. The molecule has 0 heterocycles. The molecule has 0 fully saturated rings. The number of hydrogen-bond acceptors (Lipinski definition) is 5. The molecule has 6 nitrogen and oxygen atoms in total. The standard InChI is InChI=1S/C28H41NO5/c1-2-3-4-5-6-8-11-25-14-16-27(17-15-25)33-23-22-32-21-20-31-19-18-29-28(30)34-24-26-12-9-7-10-13-26/h7,9-10,12-17H,2-6,8,11,18-24H2,1H3,(H,29,30). The van der Waals surface area contributed by atoms with Crippen molar-refractivity contribution in [2.45, 2.75) is 58.5 Å². The van der Waals surface area contributed by atoms with Crippen LogP contribution in [0.15, 0.2) is 54.6 Å². The Bertz CT molecular complexity index is 751. The van der Waals surface area contributed by atoms with Crippen molar-refractivity contribution in [3.8, 4) is 5.75 Å². The van der Waals surface area contributed by atoms with Crippen molar-refractivity contribution >= 4 is 6.09 Å². The number of carbonyl (C=O) groups is 1. The molecule has 1 N–H and O–H groups in total. The second-order valence-electron chi connectivity index (χ2n) is 8.22. The largest absolute Gasteiger partial charge is 0.491 e. The Hall–Kier alpha value is -2.57. The summed E-state index contributed by atoms with van der Waals surface area (Å²) in [4.78, 5) is 11.6. The van der Waals surface area contributed by atoms with Gasteiger partial charge in [0.1, 0.15) is 19.0 Å². The maximum Gasteiger partial charge on any atom is 0.407 e. The van der Waals surface area contributed by atoms with Crippen LogP contribution in [-0.4, -0.2) is 45.7 Å². The molecule has 0 unspecified atom stereocenters. The van der Waals surface area contributed by atoms with Gasteiger partial charge < -0.3 is 24.3 Å². The molecule has 0 bridgehead atoms. The number of hydrogen-bond donors (Lipinski definition) is 1. The lowest BCUT2D eigenvalue weighted by Gasteiger charge is -2.09. The molecule has 0 saturated heterocycles. The van der Waals surface area contributed by atoms with E-state index in [2.05, 4.69) is 24.4 Å². The van der Waals surface area contributed by atoms with E-state index in [1.807, 2.05) is 42.5 Å². The number of unbranched alkanes of at least 4 members (excludes halogenated alkanes) is 5. The highest BCUT2D eigenvalue weighted by molar-refractivity contribution is 5.67. The zero-order valence-electron chi connectivity index (χ0n) is 20.6. The Labute approximate surface area is 204 Å². The van der Waals surface area contributed by atoms with Crippen molar-refractivity contribution in [3.63, 3.8) is 0 Å². The second-order valence-corrected chi connectivity index (χ2v) is 8.22. The lowest BCUT2D eigenvalue weighted by Crippen LogP contribution is -2.28. The number of rotatable bonds is 19. The molecule has 34 heavy (non-hydrogen) atoms. The molecule has 0 aromatic heterocycles. The maximum absolute atomic E-state index is 11.6. The van der Waals surface area contributed by atoms with Crippen LogP contribution in [0, 0.1) is 0 Å². The van der Waals surface area contributed by atoms with Gasteiger partial charge >= 0.3 is 6.09 Å². The normalized spacial score (nSPS) is 10.7. The highest BCUT2D eigenvalue weighted by atomic mass is 16.6. The molecule has 0 saturated carbocycles. The van der Waals surface area contributed by atoms with Crippen molar-refractivity contribution in [2.24, 2.45) is 0 Å². The highest BCUT2D eigenvalue weighted by Crippen LogP contribution is 2.15. The number of nitrogens with one attached hydrogen (secondary N) is 1. The third kappa shape index (κ3) is 13.9. The van der Waals surface area contributed by atoms with Gasteiger partial charge in [0.2, 0.25) is 0 Å².